The Labute approximate surface area is 115 Å². The molecule has 19 heavy (non-hydrogen) atoms. The SMILES string of the molecule is CCCC1(C(=O)O)CCCN1C(C)C(=O)NC(C)C. The average Bonchev–Trinajstić information content (AvgIpc) is 2.72. The van der Waals surface area contributed by atoms with Gasteiger partial charge in [-0.05, 0) is 40.0 Å². The summed E-state index contributed by atoms with van der Waals surface area (Å²) in [5.41, 5.74) is -0.859. The summed E-state index contributed by atoms with van der Waals surface area (Å²) in [6.45, 7) is 8.28. The average molecular weight is 270 g/mol. The van der Waals surface area contributed by atoms with E-state index in [-0.39, 0.29) is 11.9 Å². The summed E-state index contributed by atoms with van der Waals surface area (Å²) < 4.78 is 0. The molecule has 1 aliphatic rings. The Balaban J connectivity index is 2.90. The van der Waals surface area contributed by atoms with Gasteiger partial charge in [-0.15, -0.1) is 0 Å². The van der Waals surface area contributed by atoms with Crippen LogP contribution in [0.25, 0.3) is 0 Å². The quantitative estimate of drug-likeness (QED) is 0.769. The fourth-order valence-corrected chi connectivity index (χ4v) is 3.03. The van der Waals surface area contributed by atoms with Gasteiger partial charge in [0.2, 0.25) is 5.91 Å². The third kappa shape index (κ3) is 3.26. The molecule has 1 aliphatic heterocycles. The van der Waals surface area contributed by atoms with Crippen LogP contribution in [0.5, 0.6) is 0 Å². The van der Waals surface area contributed by atoms with Crippen molar-refractivity contribution in [1.82, 2.24) is 10.2 Å². The van der Waals surface area contributed by atoms with Gasteiger partial charge in [0.15, 0.2) is 0 Å². The van der Waals surface area contributed by atoms with Crippen LogP contribution < -0.4 is 5.32 Å². The molecule has 1 amide bonds. The molecular formula is C14H26N2O3. The summed E-state index contributed by atoms with van der Waals surface area (Å²) >= 11 is 0. The Hall–Kier alpha value is -1.10. The van der Waals surface area contributed by atoms with Crippen LogP contribution >= 0.6 is 0 Å². The molecule has 1 saturated heterocycles. The van der Waals surface area contributed by atoms with Gasteiger partial charge in [0, 0.05) is 12.6 Å². The molecule has 5 nitrogen and oxygen atoms in total. The van der Waals surface area contributed by atoms with Crippen molar-refractivity contribution in [2.75, 3.05) is 6.54 Å². The minimum Gasteiger partial charge on any atom is -0.480 e. The molecule has 1 fully saturated rings. The first-order valence-electron chi connectivity index (χ1n) is 7.15. The zero-order valence-electron chi connectivity index (χ0n) is 12.4. The second kappa shape index (κ2) is 6.37. The van der Waals surface area contributed by atoms with Gasteiger partial charge >= 0.3 is 5.97 Å². The first-order chi connectivity index (χ1) is 8.85. The lowest BCUT2D eigenvalue weighted by molar-refractivity contribution is -0.153. The Kier molecular flexibility index (Phi) is 5.35. The zero-order valence-corrected chi connectivity index (χ0v) is 12.4. The molecule has 1 rings (SSSR count). The van der Waals surface area contributed by atoms with Crippen LogP contribution in [0.2, 0.25) is 0 Å². The summed E-state index contributed by atoms with van der Waals surface area (Å²) in [6, 6.07) is -0.324. The van der Waals surface area contributed by atoms with Gasteiger partial charge in [0.1, 0.15) is 5.54 Å². The van der Waals surface area contributed by atoms with Gasteiger partial charge in [-0.1, -0.05) is 13.3 Å². The lowest BCUT2D eigenvalue weighted by atomic mass is 9.89. The van der Waals surface area contributed by atoms with E-state index in [4.69, 9.17) is 0 Å². The molecule has 0 radical (unpaired) electrons. The monoisotopic (exact) mass is 270 g/mol. The number of carboxylic acids is 1. The molecule has 0 aromatic heterocycles. The summed E-state index contributed by atoms with van der Waals surface area (Å²) in [5.74, 6) is -0.880. The van der Waals surface area contributed by atoms with E-state index in [1.807, 2.05) is 25.7 Å². The number of amides is 1. The fourth-order valence-electron chi connectivity index (χ4n) is 3.03. The van der Waals surface area contributed by atoms with Crippen LogP contribution in [0.15, 0.2) is 0 Å². The van der Waals surface area contributed by atoms with Gasteiger partial charge in [-0.3, -0.25) is 14.5 Å². The molecule has 0 saturated carbocycles. The van der Waals surface area contributed by atoms with Crippen LogP contribution in [0.4, 0.5) is 0 Å². The number of carbonyl (C=O) groups excluding carboxylic acids is 1. The first kappa shape index (κ1) is 16.0. The third-order valence-electron chi connectivity index (χ3n) is 3.88. The number of rotatable bonds is 6. The smallest absolute Gasteiger partial charge is 0.324 e. The van der Waals surface area contributed by atoms with E-state index in [0.29, 0.717) is 19.4 Å². The highest BCUT2D eigenvalue weighted by Crippen LogP contribution is 2.35. The predicted octanol–water partition coefficient (Wildman–Crippen LogP) is 1.62. The van der Waals surface area contributed by atoms with E-state index in [2.05, 4.69) is 5.32 Å². The maximum absolute atomic E-state index is 12.1. The standard InChI is InChI=1S/C14H26N2O3/c1-5-7-14(13(18)19)8-6-9-16(14)11(4)12(17)15-10(2)3/h10-11H,5-9H2,1-4H3,(H,15,17)(H,18,19). The lowest BCUT2D eigenvalue weighted by Crippen LogP contribution is -2.58. The van der Waals surface area contributed by atoms with E-state index in [9.17, 15) is 14.7 Å². The minimum atomic E-state index is -0.859. The number of hydrogen-bond donors (Lipinski definition) is 2. The van der Waals surface area contributed by atoms with Crippen molar-refractivity contribution < 1.29 is 14.7 Å². The Morgan fingerprint density at radius 2 is 2.00 bits per heavy atom. The molecule has 0 aliphatic carbocycles. The lowest BCUT2D eigenvalue weighted by Gasteiger charge is -2.38. The van der Waals surface area contributed by atoms with Crippen LogP contribution in [-0.2, 0) is 9.59 Å². The zero-order chi connectivity index (χ0) is 14.6. The molecule has 2 N–H and O–H groups in total. The maximum atomic E-state index is 12.1. The Morgan fingerprint density at radius 3 is 2.47 bits per heavy atom. The maximum Gasteiger partial charge on any atom is 0.324 e. The van der Waals surface area contributed by atoms with Gasteiger partial charge in [0.05, 0.1) is 6.04 Å². The second-order valence-electron chi connectivity index (χ2n) is 5.72. The number of carboxylic acid groups (broad SMARTS) is 1. The van der Waals surface area contributed by atoms with Crippen molar-refractivity contribution >= 4 is 11.9 Å². The largest absolute Gasteiger partial charge is 0.480 e. The number of carbonyl (C=O) groups is 2. The van der Waals surface area contributed by atoms with Crippen LogP contribution in [-0.4, -0.2) is 46.1 Å². The molecule has 0 spiro atoms. The highest BCUT2D eigenvalue weighted by atomic mass is 16.4. The van der Waals surface area contributed by atoms with Gasteiger partial charge < -0.3 is 10.4 Å². The van der Waals surface area contributed by atoms with Crippen molar-refractivity contribution in [3.05, 3.63) is 0 Å². The topological polar surface area (TPSA) is 69.6 Å². The van der Waals surface area contributed by atoms with E-state index in [1.54, 1.807) is 6.92 Å². The molecule has 1 heterocycles. The van der Waals surface area contributed by atoms with Crippen molar-refractivity contribution in [2.24, 2.45) is 0 Å². The summed E-state index contributed by atoms with van der Waals surface area (Å²) in [4.78, 5) is 25.7. The molecule has 110 valence electrons. The van der Waals surface area contributed by atoms with Crippen molar-refractivity contribution in [3.8, 4) is 0 Å². The van der Waals surface area contributed by atoms with E-state index < -0.39 is 17.6 Å². The van der Waals surface area contributed by atoms with E-state index in [0.717, 1.165) is 12.8 Å². The van der Waals surface area contributed by atoms with Crippen LogP contribution in [0.3, 0.4) is 0 Å². The molecule has 0 bridgehead atoms. The fraction of sp³-hybridized carbons (Fsp3) is 0.857. The minimum absolute atomic E-state index is 0.0722. The summed E-state index contributed by atoms with van der Waals surface area (Å²) in [7, 11) is 0. The van der Waals surface area contributed by atoms with Gasteiger partial charge in [0.25, 0.3) is 0 Å². The molecule has 2 atom stereocenters. The number of nitrogens with one attached hydrogen (secondary N) is 1. The summed E-state index contributed by atoms with van der Waals surface area (Å²) in [6.07, 6.45) is 2.88. The van der Waals surface area contributed by atoms with Gasteiger partial charge in [-0.25, -0.2) is 0 Å². The third-order valence-corrected chi connectivity index (χ3v) is 3.88. The number of aliphatic carboxylic acids is 1. The molecule has 2 unspecified atom stereocenters. The second-order valence-corrected chi connectivity index (χ2v) is 5.72. The van der Waals surface area contributed by atoms with Crippen molar-refractivity contribution in [3.63, 3.8) is 0 Å². The van der Waals surface area contributed by atoms with Crippen molar-refractivity contribution in [2.45, 2.75) is 71.0 Å². The van der Waals surface area contributed by atoms with E-state index >= 15 is 0 Å². The molecular weight excluding hydrogens is 244 g/mol. The Bertz CT molecular complexity index is 344. The van der Waals surface area contributed by atoms with Crippen LogP contribution in [0, 0.1) is 0 Å². The first-order valence-corrected chi connectivity index (χ1v) is 7.15. The Morgan fingerprint density at radius 1 is 1.37 bits per heavy atom. The number of hydrogen-bond acceptors (Lipinski definition) is 3. The number of likely N-dealkylation sites (tertiary alicyclic amines) is 1. The molecule has 0 aromatic rings. The highest BCUT2D eigenvalue weighted by Gasteiger charge is 2.49. The van der Waals surface area contributed by atoms with Crippen molar-refractivity contribution in [1.29, 1.82) is 0 Å². The van der Waals surface area contributed by atoms with Crippen LogP contribution in [0.1, 0.15) is 53.4 Å². The summed E-state index contributed by atoms with van der Waals surface area (Å²) in [5, 5.41) is 12.5. The predicted molar refractivity (Wildman–Crippen MR) is 74.0 cm³/mol. The normalized spacial score (nSPS) is 25.5. The molecule has 0 aromatic carbocycles. The molecule has 5 heteroatoms. The van der Waals surface area contributed by atoms with Gasteiger partial charge in [-0.2, -0.15) is 0 Å². The highest BCUT2D eigenvalue weighted by molar-refractivity contribution is 5.84. The number of nitrogens with zero attached hydrogens (tertiary/aromatic N) is 1. The van der Waals surface area contributed by atoms with E-state index in [1.165, 1.54) is 0 Å².